The Balaban J connectivity index is 1.30. The first kappa shape index (κ1) is 29.4. The molecule has 0 spiro atoms. The molecule has 0 unspecified atom stereocenters. The molecule has 2 aromatic carbocycles. The molecule has 0 bridgehead atoms. The highest BCUT2D eigenvalue weighted by Gasteiger charge is 2.21. The fraction of sp³-hybridized carbons (Fsp3) is 0.500. The van der Waals surface area contributed by atoms with Crippen molar-refractivity contribution in [1.82, 2.24) is 9.80 Å². The lowest BCUT2D eigenvalue weighted by Gasteiger charge is -2.36. The number of ether oxygens (including phenoxy) is 4. The molecule has 3 rings (SSSR count). The molecule has 1 aliphatic rings. The Labute approximate surface area is 223 Å². The normalized spacial score (nSPS) is 15.9. The molecule has 0 aliphatic carbocycles. The van der Waals surface area contributed by atoms with Crippen LogP contribution in [0.1, 0.15) is 34.6 Å². The molecule has 1 heterocycles. The van der Waals surface area contributed by atoms with E-state index < -0.39 is 12.2 Å². The van der Waals surface area contributed by atoms with Crippen LogP contribution in [0.15, 0.2) is 48.5 Å². The smallest absolute Gasteiger partial charge is 0.338 e. The first-order valence-corrected chi connectivity index (χ1v) is 13.0. The summed E-state index contributed by atoms with van der Waals surface area (Å²) in [5.74, 6) is 0.405. The van der Waals surface area contributed by atoms with Crippen LogP contribution in [-0.4, -0.2) is 110 Å². The van der Waals surface area contributed by atoms with Gasteiger partial charge in [0.1, 0.15) is 36.9 Å². The number of aliphatic hydroxyl groups excluding tert-OH is 2. The zero-order valence-electron chi connectivity index (χ0n) is 22.1. The van der Waals surface area contributed by atoms with Crippen molar-refractivity contribution in [1.29, 1.82) is 0 Å². The maximum absolute atomic E-state index is 11.7. The van der Waals surface area contributed by atoms with Gasteiger partial charge in [-0.3, -0.25) is 9.80 Å². The average Bonchev–Trinajstić information content (AvgIpc) is 2.92. The van der Waals surface area contributed by atoms with Crippen LogP contribution in [0.5, 0.6) is 11.5 Å². The quantitative estimate of drug-likeness (QED) is 0.350. The third-order valence-corrected chi connectivity index (χ3v) is 6.02. The van der Waals surface area contributed by atoms with Gasteiger partial charge >= 0.3 is 11.9 Å². The summed E-state index contributed by atoms with van der Waals surface area (Å²) in [6, 6.07) is 13.3. The Morgan fingerprint density at radius 2 is 1.03 bits per heavy atom. The zero-order chi connectivity index (χ0) is 27.3. The van der Waals surface area contributed by atoms with E-state index in [0.29, 0.717) is 48.9 Å². The van der Waals surface area contributed by atoms with Gasteiger partial charge in [0, 0.05) is 39.3 Å². The summed E-state index contributed by atoms with van der Waals surface area (Å²) in [7, 11) is 0. The Bertz CT molecular complexity index is 909. The Hall–Kier alpha value is -3.18. The van der Waals surface area contributed by atoms with Crippen molar-refractivity contribution < 1.29 is 38.7 Å². The number of hydrogen-bond acceptors (Lipinski definition) is 10. The molecule has 10 nitrogen and oxygen atoms in total. The van der Waals surface area contributed by atoms with Gasteiger partial charge in [0.15, 0.2) is 0 Å². The first-order valence-electron chi connectivity index (χ1n) is 13.0. The molecule has 208 valence electrons. The largest absolute Gasteiger partial charge is 0.491 e. The third kappa shape index (κ3) is 9.60. The topological polar surface area (TPSA) is 118 Å². The van der Waals surface area contributed by atoms with E-state index >= 15 is 0 Å². The van der Waals surface area contributed by atoms with E-state index in [-0.39, 0.29) is 25.2 Å². The van der Waals surface area contributed by atoms with Crippen molar-refractivity contribution in [2.75, 3.05) is 65.7 Å². The van der Waals surface area contributed by atoms with Crippen LogP contribution in [0.3, 0.4) is 0 Å². The second-order valence-electron chi connectivity index (χ2n) is 9.02. The predicted octanol–water partition coefficient (Wildman–Crippen LogP) is 1.84. The van der Waals surface area contributed by atoms with Crippen LogP contribution in [0.4, 0.5) is 0 Å². The van der Waals surface area contributed by atoms with Crippen LogP contribution in [-0.2, 0) is 9.47 Å². The van der Waals surface area contributed by atoms with E-state index in [4.69, 9.17) is 18.9 Å². The molecule has 1 saturated heterocycles. The summed E-state index contributed by atoms with van der Waals surface area (Å²) in [5.41, 5.74) is 0.915. The number of rotatable bonds is 14. The third-order valence-electron chi connectivity index (χ3n) is 6.02. The van der Waals surface area contributed by atoms with Gasteiger partial charge < -0.3 is 29.2 Å². The molecule has 0 radical (unpaired) electrons. The number of aliphatic hydroxyl groups is 2. The monoisotopic (exact) mass is 530 g/mol. The highest BCUT2D eigenvalue weighted by atomic mass is 16.5. The number of piperazine rings is 1. The molecule has 2 atom stereocenters. The van der Waals surface area contributed by atoms with E-state index in [0.717, 1.165) is 26.2 Å². The van der Waals surface area contributed by atoms with Gasteiger partial charge in [-0.05, 0) is 62.4 Å². The molecular formula is C28H38N2O8. The lowest BCUT2D eigenvalue weighted by atomic mass is 10.2. The van der Waals surface area contributed by atoms with E-state index in [1.54, 1.807) is 62.4 Å². The molecule has 0 aromatic heterocycles. The molecule has 10 heteroatoms. The second kappa shape index (κ2) is 15.3. The minimum absolute atomic E-state index is 0.149. The zero-order valence-corrected chi connectivity index (χ0v) is 22.1. The van der Waals surface area contributed by atoms with Crippen LogP contribution in [0.2, 0.25) is 0 Å². The standard InChI is InChI=1S/C28H38N2O8/c1-3-35-27(33)21-5-9-25(10-6-21)37-19-23(31)17-29-13-15-30(16-14-29)18-24(32)20-38-26-11-7-22(8-12-26)28(34)36-4-2/h5-12,23-24,31-32H,3-4,13-20H2,1-2H3/t23-,24-/m0/s1. The minimum Gasteiger partial charge on any atom is -0.491 e. The van der Waals surface area contributed by atoms with Gasteiger partial charge in [0.2, 0.25) is 0 Å². The highest BCUT2D eigenvalue weighted by molar-refractivity contribution is 5.89. The summed E-state index contributed by atoms with van der Waals surface area (Å²) >= 11 is 0. The van der Waals surface area contributed by atoms with Crippen LogP contribution >= 0.6 is 0 Å². The van der Waals surface area contributed by atoms with Crippen molar-refractivity contribution in [2.24, 2.45) is 0 Å². The molecule has 1 fully saturated rings. The molecule has 2 aromatic rings. The molecule has 1 aliphatic heterocycles. The van der Waals surface area contributed by atoms with Gasteiger partial charge in [-0.25, -0.2) is 9.59 Å². The van der Waals surface area contributed by atoms with Gasteiger partial charge in [0.05, 0.1) is 24.3 Å². The maximum atomic E-state index is 11.7. The lowest BCUT2D eigenvalue weighted by Crippen LogP contribution is -2.51. The minimum atomic E-state index is -0.652. The van der Waals surface area contributed by atoms with Crippen molar-refractivity contribution in [3.63, 3.8) is 0 Å². The molecular weight excluding hydrogens is 492 g/mol. The van der Waals surface area contributed by atoms with E-state index in [1.807, 2.05) is 0 Å². The van der Waals surface area contributed by atoms with Gasteiger partial charge in [0.25, 0.3) is 0 Å². The SMILES string of the molecule is CCOC(=O)c1ccc(OC[C@@H](O)CN2CCN(C[C@H](O)COc3ccc(C(=O)OCC)cc3)CC2)cc1. The predicted molar refractivity (Wildman–Crippen MR) is 141 cm³/mol. The lowest BCUT2D eigenvalue weighted by molar-refractivity contribution is 0.0240. The first-order chi connectivity index (χ1) is 18.4. The van der Waals surface area contributed by atoms with Crippen molar-refractivity contribution in [2.45, 2.75) is 26.1 Å². The maximum Gasteiger partial charge on any atom is 0.338 e. The summed E-state index contributed by atoms with van der Waals surface area (Å²) in [6.07, 6.45) is -1.30. The van der Waals surface area contributed by atoms with E-state index in [1.165, 1.54) is 0 Å². The van der Waals surface area contributed by atoms with Gasteiger partial charge in [-0.1, -0.05) is 0 Å². The number of esters is 2. The number of hydrogen-bond donors (Lipinski definition) is 2. The summed E-state index contributed by atoms with van der Waals surface area (Å²) in [4.78, 5) is 27.8. The van der Waals surface area contributed by atoms with Crippen LogP contribution < -0.4 is 9.47 Å². The number of carbonyl (C=O) groups excluding carboxylic acids is 2. The molecule has 2 N–H and O–H groups in total. The Morgan fingerprint density at radius 1 is 0.684 bits per heavy atom. The summed E-state index contributed by atoms with van der Waals surface area (Å²) in [5, 5.41) is 20.8. The van der Waals surface area contributed by atoms with Crippen molar-refractivity contribution in [3.8, 4) is 11.5 Å². The number of benzene rings is 2. The fourth-order valence-corrected chi connectivity index (χ4v) is 4.04. The number of β-amino-alcohol motifs (C(OH)–C–C–N with tert-alkyl or cyclic N) is 2. The average molecular weight is 531 g/mol. The summed E-state index contributed by atoms with van der Waals surface area (Å²) < 4.78 is 21.3. The van der Waals surface area contributed by atoms with Crippen LogP contribution in [0, 0.1) is 0 Å². The van der Waals surface area contributed by atoms with E-state index in [9.17, 15) is 19.8 Å². The summed E-state index contributed by atoms with van der Waals surface area (Å²) in [6.45, 7) is 8.52. The number of carbonyl (C=O) groups is 2. The Kier molecular flexibility index (Phi) is 11.8. The van der Waals surface area contributed by atoms with Gasteiger partial charge in [-0.2, -0.15) is 0 Å². The molecule has 38 heavy (non-hydrogen) atoms. The molecule has 0 saturated carbocycles. The van der Waals surface area contributed by atoms with Crippen LogP contribution in [0.25, 0.3) is 0 Å². The van der Waals surface area contributed by atoms with Gasteiger partial charge in [-0.15, -0.1) is 0 Å². The second-order valence-corrected chi connectivity index (χ2v) is 9.02. The van der Waals surface area contributed by atoms with Crippen molar-refractivity contribution >= 4 is 11.9 Å². The Morgan fingerprint density at radius 3 is 1.34 bits per heavy atom. The van der Waals surface area contributed by atoms with Crippen molar-refractivity contribution in [3.05, 3.63) is 59.7 Å². The molecule has 0 amide bonds. The fourth-order valence-electron chi connectivity index (χ4n) is 4.04. The highest BCUT2D eigenvalue weighted by Crippen LogP contribution is 2.15. The van der Waals surface area contributed by atoms with E-state index in [2.05, 4.69) is 9.80 Å². The number of nitrogens with zero attached hydrogens (tertiary/aromatic N) is 2.